The van der Waals surface area contributed by atoms with Crippen LogP contribution in [0.25, 0.3) is 0 Å². The molecule has 10 heteroatoms. The third-order valence-electron chi connectivity index (χ3n) is 8.49. The van der Waals surface area contributed by atoms with Crippen molar-refractivity contribution in [1.82, 2.24) is 20.3 Å². The van der Waals surface area contributed by atoms with Gasteiger partial charge in [0.2, 0.25) is 11.8 Å². The number of amides is 2. The fourth-order valence-corrected chi connectivity index (χ4v) is 6.20. The molecule has 0 radical (unpaired) electrons. The minimum absolute atomic E-state index is 0.0980. The summed E-state index contributed by atoms with van der Waals surface area (Å²) in [4.78, 5) is 32.6. The van der Waals surface area contributed by atoms with Crippen LogP contribution in [0.2, 0.25) is 5.02 Å². The monoisotopic (exact) mass is 557 g/mol. The van der Waals surface area contributed by atoms with Gasteiger partial charge in [0.15, 0.2) is 5.82 Å². The highest BCUT2D eigenvalue weighted by atomic mass is 35.5. The Balaban J connectivity index is 1.09. The van der Waals surface area contributed by atoms with Crippen LogP contribution >= 0.6 is 11.6 Å². The number of aliphatic hydroxyl groups is 1. The molecule has 2 atom stereocenters. The van der Waals surface area contributed by atoms with Crippen LogP contribution in [0.5, 0.6) is 0 Å². The predicted octanol–water partition coefficient (Wildman–Crippen LogP) is 3.41. The number of halogens is 1. The summed E-state index contributed by atoms with van der Waals surface area (Å²) in [7, 11) is 0. The number of likely N-dealkylation sites (tertiary alicyclic amines) is 2. The maximum Gasteiger partial charge on any atom is 0.243 e. The zero-order valence-corrected chi connectivity index (χ0v) is 23.5. The second-order valence-corrected chi connectivity index (χ2v) is 11.8. The molecular formula is C29H40ClN5O4. The molecule has 2 unspecified atom stereocenters. The summed E-state index contributed by atoms with van der Waals surface area (Å²) in [5.41, 5.74) is 0.966. The van der Waals surface area contributed by atoms with Gasteiger partial charge in [0.25, 0.3) is 0 Å². The number of hydrogen-bond acceptors (Lipinski definition) is 7. The normalized spacial score (nSPS) is 22.3. The van der Waals surface area contributed by atoms with Gasteiger partial charge in [0, 0.05) is 50.4 Å². The van der Waals surface area contributed by atoms with Crippen molar-refractivity contribution in [1.29, 1.82) is 0 Å². The van der Waals surface area contributed by atoms with E-state index >= 15 is 0 Å². The molecule has 3 aliphatic heterocycles. The summed E-state index contributed by atoms with van der Waals surface area (Å²) in [5.74, 6) is 1.73. The molecule has 2 amide bonds. The van der Waals surface area contributed by atoms with Crippen LogP contribution in [0.3, 0.4) is 0 Å². The Labute approximate surface area is 235 Å². The van der Waals surface area contributed by atoms with E-state index in [-0.39, 0.29) is 30.4 Å². The zero-order chi connectivity index (χ0) is 27.4. The first-order valence-electron chi connectivity index (χ1n) is 14.3. The van der Waals surface area contributed by atoms with E-state index in [1.54, 1.807) is 17.0 Å². The lowest BCUT2D eigenvalue weighted by Crippen LogP contribution is -2.47. The summed E-state index contributed by atoms with van der Waals surface area (Å²) in [6.07, 6.45) is 5.37. The van der Waals surface area contributed by atoms with Gasteiger partial charge < -0.3 is 29.6 Å². The minimum atomic E-state index is -0.475. The van der Waals surface area contributed by atoms with Crippen molar-refractivity contribution in [2.24, 2.45) is 5.92 Å². The van der Waals surface area contributed by atoms with Crippen molar-refractivity contribution in [3.63, 3.8) is 0 Å². The standard InChI is InChI=1S/C29H40ClN5O4/c1-20(22-4-6-23(30)7-5-22)31-29(38)26-3-2-12-35(26)28(37)18-25-17-27(32-39-25)34-15-8-21(9-16-34)19-33-13-10-24(36)11-14-33/h4-7,17,20-21,24,26,36H,2-3,8-16,18-19H2,1H3,(H,31,38). The highest BCUT2D eigenvalue weighted by Gasteiger charge is 2.35. The molecule has 3 saturated heterocycles. The zero-order valence-electron chi connectivity index (χ0n) is 22.7. The number of nitrogens with zero attached hydrogens (tertiary/aromatic N) is 4. The van der Waals surface area contributed by atoms with E-state index in [0.29, 0.717) is 29.7 Å². The van der Waals surface area contributed by atoms with Crippen LogP contribution in [-0.2, 0) is 16.0 Å². The number of hydrogen-bond donors (Lipinski definition) is 2. The van der Waals surface area contributed by atoms with E-state index in [1.807, 2.05) is 25.1 Å². The molecule has 5 rings (SSSR count). The molecule has 2 N–H and O–H groups in total. The van der Waals surface area contributed by atoms with E-state index in [2.05, 4.69) is 20.3 Å². The average molecular weight is 558 g/mol. The lowest BCUT2D eigenvalue weighted by molar-refractivity contribution is -0.138. The SMILES string of the molecule is CC(NC(=O)C1CCCN1C(=O)Cc1cc(N2CCC(CN3CCC(O)CC3)CC2)no1)c1ccc(Cl)cc1. The third-order valence-corrected chi connectivity index (χ3v) is 8.74. The van der Waals surface area contributed by atoms with Gasteiger partial charge in [-0.1, -0.05) is 28.9 Å². The molecule has 4 heterocycles. The molecule has 3 aliphatic rings. The Morgan fingerprint density at radius 2 is 1.79 bits per heavy atom. The summed E-state index contributed by atoms with van der Waals surface area (Å²) >= 11 is 5.98. The van der Waals surface area contributed by atoms with Crippen LogP contribution in [0.15, 0.2) is 34.9 Å². The van der Waals surface area contributed by atoms with Crippen molar-refractivity contribution in [2.75, 3.05) is 44.2 Å². The Kier molecular flexibility index (Phi) is 9.10. The number of benzene rings is 1. The maximum absolute atomic E-state index is 13.2. The Morgan fingerprint density at radius 1 is 1.08 bits per heavy atom. The van der Waals surface area contributed by atoms with Crippen molar-refractivity contribution in [3.8, 4) is 0 Å². The van der Waals surface area contributed by atoms with Crippen LogP contribution in [0.1, 0.15) is 62.8 Å². The Hall–Kier alpha value is -2.62. The minimum Gasteiger partial charge on any atom is -0.393 e. The number of rotatable bonds is 8. The molecule has 0 saturated carbocycles. The van der Waals surface area contributed by atoms with Crippen molar-refractivity contribution in [2.45, 2.75) is 70.1 Å². The molecule has 1 aromatic carbocycles. The number of nitrogens with one attached hydrogen (secondary N) is 1. The van der Waals surface area contributed by atoms with Crippen LogP contribution in [-0.4, -0.2) is 83.3 Å². The van der Waals surface area contributed by atoms with Gasteiger partial charge in [-0.2, -0.15) is 0 Å². The molecule has 9 nitrogen and oxygen atoms in total. The van der Waals surface area contributed by atoms with Gasteiger partial charge in [0.05, 0.1) is 18.6 Å². The van der Waals surface area contributed by atoms with E-state index < -0.39 is 6.04 Å². The second kappa shape index (κ2) is 12.7. The molecule has 1 aromatic heterocycles. The first kappa shape index (κ1) is 27.9. The number of aromatic nitrogens is 1. The van der Waals surface area contributed by atoms with E-state index in [9.17, 15) is 14.7 Å². The molecular weight excluding hydrogens is 518 g/mol. The van der Waals surface area contributed by atoms with E-state index in [4.69, 9.17) is 16.1 Å². The van der Waals surface area contributed by atoms with Crippen LogP contribution < -0.4 is 10.2 Å². The quantitative estimate of drug-likeness (QED) is 0.513. The average Bonchev–Trinajstić information content (AvgIpc) is 3.61. The largest absolute Gasteiger partial charge is 0.393 e. The van der Waals surface area contributed by atoms with Crippen LogP contribution in [0.4, 0.5) is 5.82 Å². The number of carbonyl (C=O) groups is 2. The van der Waals surface area contributed by atoms with Crippen molar-refractivity contribution < 1.29 is 19.2 Å². The summed E-state index contributed by atoms with van der Waals surface area (Å²) < 4.78 is 5.55. The van der Waals surface area contributed by atoms with Gasteiger partial charge >= 0.3 is 0 Å². The molecule has 3 fully saturated rings. The first-order chi connectivity index (χ1) is 18.9. The molecule has 2 aromatic rings. The van der Waals surface area contributed by atoms with Gasteiger partial charge in [-0.25, -0.2) is 0 Å². The molecule has 39 heavy (non-hydrogen) atoms. The van der Waals surface area contributed by atoms with E-state index in [0.717, 1.165) is 76.2 Å². The number of aliphatic hydroxyl groups excluding tert-OH is 1. The van der Waals surface area contributed by atoms with Crippen molar-refractivity contribution >= 4 is 29.2 Å². The smallest absolute Gasteiger partial charge is 0.243 e. The van der Waals surface area contributed by atoms with E-state index in [1.165, 1.54) is 0 Å². The van der Waals surface area contributed by atoms with Crippen molar-refractivity contribution in [3.05, 3.63) is 46.7 Å². The molecule has 0 bridgehead atoms. The Morgan fingerprint density at radius 3 is 2.51 bits per heavy atom. The molecule has 0 spiro atoms. The molecule has 212 valence electrons. The number of anilines is 1. The topological polar surface area (TPSA) is 102 Å². The predicted molar refractivity (Wildman–Crippen MR) is 150 cm³/mol. The lowest BCUT2D eigenvalue weighted by atomic mass is 9.95. The highest BCUT2D eigenvalue weighted by Crippen LogP contribution is 2.26. The lowest BCUT2D eigenvalue weighted by Gasteiger charge is -2.36. The fraction of sp³-hybridized carbons (Fsp3) is 0.621. The second-order valence-electron chi connectivity index (χ2n) is 11.3. The van der Waals surface area contributed by atoms with Gasteiger partial charge in [-0.05, 0) is 69.1 Å². The van der Waals surface area contributed by atoms with Gasteiger partial charge in [0.1, 0.15) is 11.8 Å². The third kappa shape index (κ3) is 7.13. The van der Waals surface area contributed by atoms with Crippen LogP contribution in [0, 0.1) is 5.92 Å². The van der Waals surface area contributed by atoms with Gasteiger partial charge in [-0.15, -0.1) is 0 Å². The maximum atomic E-state index is 13.2. The fourth-order valence-electron chi connectivity index (χ4n) is 6.08. The summed E-state index contributed by atoms with van der Waals surface area (Å²) in [6, 6.07) is 8.63. The highest BCUT2D eigenvalue weighted by molar-refractivity contribution is 6.30. The Bertz CT molecular complexity index is 1110. The number of piperidine rings is 2. The number of carbonyl (C=O) groups excluding carboxylic acids is 2. The summed E-state index contributed by atoms with van der Waals surface area (Å²) in [5, 5.41) is 17.7. The summed E-state index contributed by atoms with van der Waals surface area (Å²) in [6.45, 7) is 7.41. The van der Waals surface area contributed by atoms with Gasteiger partial charge in [-0.3, -0.25) is 9.59 Å². The molecule has 0 aliphatic carbocycles. The first-order valence-corrected chi connectivity index (χ1v) is 14.7.